The van der Waals surface area contributed by atoms with Crippen LogP contribution < -0.4 is 4.74 Å². The third-order valence-corrected chi connectivity index (χ3v) is 2.49. The zero-order valence-electron chi connectivity index (χ0n) is 8.21. The molecule has 0 aliphatic carbocycles. The van der Waals surface area contributed by atoms with E-state index in [1.807, 2.05) is 0 Å². The van der Waals surface area contributed by atoms with Crippen molar-refractivity contribution in [3.63, 3.8) is 0 Å². The maximum Gasteiger partial charge on any atom is 0.420 e. The van der Waals surface area contributed by atoms with Gasteiger partial charge in [-0.3, -0.25) is 0 Å². The summed E-state index contributed by atoms with van der Waals surface area (Å²) < 4.78 is 79.3. The minimum absolute atomic E-state index is 0.164. The molecule has 0 N–H and O–H groups in total. The van der Waals surface area contributed by atoms with Gasteiger partial charge in [0.15, 0.2) is 0 Å². The average molecular weight is 370 g/mol. The largest absolute Gasteiger partial charge is 0.495 e. The van der Waals surface area contributed by atoms with Crippen molar-refractivity contribution in [2.24, 2.45) is 0 Å². The van der Waals surface area contributed by atoms with Gasteiger partial charge in [0.1, 0.15) is 5.75 Å². The monoisotopic (exact) mass is 370 g/mol. The summed E-state index contributed by atoms with van der Waals surface area (Å²) >= 11 is 1.39. The predicted octanol–water partition coefficient (Wildman–Crippen LogP) is 4.34. The maximum absolute atomic E-state index is 12.5. The normalized spacial score (nSPS) is 12.7. The van der Waals surface area contributed by atoms with Gasteiger partial charge in [0.05, 0.1) is 18.2 Å². The molecule has 0 heterocycles. The smallest absolute Gasteiger partial charge is 0.420 e. The van der Waals surface area contributed by atoms with Crippen LogP contribution >= 0.6 is 22.6 Å². The van der Waals surface area contributed by atoms with E-state index in [1.165, 1.54) is 22.6 Å². The van der Waals surface area contributed by atoms with E-state index in [-0.39, 0.29) is 3.57 Å². The number of methoxy groups -OCH3 is 1. The Hall–Kier alpha value is -0.670. The average Bonchev–Trinajstić information content (AvgIpc) is 2.13. The Morgan fingerprint density at radius 2 is 1.29 bits per heavy atom. The molecule has 0 atom stereocenters. The van der Waals surface area contributed by atoms with E-state index >= 15 is 0 Å². The third-order valence-electron chi connectivity index (χ3n) is 1.87. The fourth-order valence-corrected chi connectivity index (χ4v) is 1.86. The molecule has 8 heteroatoms. The van der Waals surface area contributed by atoms with E-state index in [4.69, 9.17) is 0 Å². The van der Waals surface area contributed by atoms with Crippen LogP contribution in [0.4, 0.5) is 26.3 Å². The van der Waals surface area contributed by atoms with Crippen molar-refractivity contribution in [3.8, 4) is 5.75 Å². The molecule has 17 heavy (non-hydrogen) atoms. The van der Waals surface area contributed by atoms with Gasteiger partial charge in [-0.2, -0.15) is 26.3 Å². The van der Waals surface area contributed by atoms with Crippen LogP contribution in [0.1, 0.15) is 11.1 Å². The number of hydrogen-bond acceptors (Lipinski definition) is 1. The highest BCUT2D eigenvalue weighted by Crippen LogP contribution is 2.44. The van der Waals surface area contributed by atoms with E-state index in [2.05, 4.69) is 4.74 Å². The summed E-state index contributed by atoms with van der Waals surface area (Å²) in [5.74, 6) is -1.20. The SMILES string of the molecule is COc1c(C(F)(F)F)cc(I)cc1C(F)(F)F. The maximum atomic E-state index is 12.5. The van der Waals surface area contributed by atoms with E-state index in [0.29, 0.717) is 12.1 Å². The Labute approximate surface area is 106 Å². The molecule has 0 spiro atoms. The Morgan fingerprint density at radius 1 is 0.941 bits per heavy atom. The molecule has 0 aliphatic rings. The van der Waals surface area contributed by atoms with E-state index in [0.717, 1.165) is 7.11 Å². The van der Waals surface area contributed by atoms with Crippen LogP contribution in [-0.4, -0.2) is 7.11 Å². The number of ether oxygens (including phenoxy) is 1. The van der Waals surface area contributed by atoms with Gasteiger partial charge in [0.25, 0.3) is 0 Å². The molecule has 0 saturated heterocycles. The second-order valence-electron chi connectivity index (χ2n) is 3.03. The molecule has 1 aromatic carbocycles. The van der Waals surface area contributed by atoms with Gasteiger partial charge in [-0.25, -0.2) is 0 Å². The first-order chi connectivity index (χ1) is 7.57. The predicted molar refractivity (Wildman–Crippen MR) is 55.7 cm³/mol. The quantitative estimate of drug-likeness (QED) is 0.528. The summed E-state index contributed by atoms with van der Waals surface area (Å²) in [4.78, 5) is 0. The van der Waals surface area contributed by atoms with Gasteiger partial charge in [-0.05, 0) is 34.7 Å². The highest BCUT2D eigenvalue weighted by Gasteiger charge is 2.42. The van der Waals surface area contributed by atoms with Gasteiger partial charge in [-0.1, -0.05) is 0 Å². The van der Waals surface area contributed by atoms with Gasteiger partial charge < -0.3 is 4.74 Å². The van der Waals surface area contributed by atoms with Crippen molar-refractivity contribution in [2.75, 3.05) is 7.11 Å². The topological polar surface area (TPSA) is 9.23 Å². The van der Waals surface area contributed by atoms with Crippen LogP contribution in [0.5, 0.6) is 5.75 Å². The van der Waals surface area contributed by atoms with E-state index in [9.17, 15) is 26.3 Å². The van der Waals surface area contributed by atoms with Crippen LogP contribution in [0.15, 0.2) is 12.1 Å². The Morgan fingerprint density at radius 3 is 1.53 bits per heavy atom. The minimum atomic E-state index is -4.90. The molecule has 0 radical (unpaired) electrons. The van der Waals surface area contributed by atoms with Gasteiger partial charge in [-0.15, -0.1) is 0 Å². The molecule has 0 aromatic heterocycles. The summed E-state index contributed by atoms with van der Waals surface area (Å²) in [6.07, 6.45) is -9.79. The second kappa shape index (κ2) is 4.54. The molecule has 0 amide bonds. The summed E-state index contributed by atoms with van der Waals surface area (Å²) in [6, 6.07) is 1.21. The highest BCUT2D eigenvalue weighted by molar-refractivity contribution is 14.1. The lowest BCUT2D eigenvalue weighted by Gasteiger charge is -2.17. The summed E-state index contributed by atoms with van der Waals surface area (Å²) in [5, 5.41) is 0. The summed E-state index contributed by atoms with van der Waals surface area (Å²) in [7, 11) is 0.771. The van der Waals surface area contributed by atoms with Crippen molar-refractivity contribution in [1.29, 1.82) is 0 Å². The number of alkyl halides is 6. The molecule has 96 valence electrons. The fourth-order valence-electron chi connectivity index (χ4n) is 1.23. The lowest BCUT2D eigenvalue weighted by Crippen LogP contribution is -2.14. The summed E-state index contributed by atoms with van der Waals surface area (Å²) in [5.41, 5.74) is -2.86. The number of hydrogen-bond donors (Lipinski definition) is 0. The first-order valence-corrected chi connectivity index (χ1v) is 5.17. The highest BCUT2D eigenvalue weighted by atomic mass is 127. The zero-order chi connectivity index (χ0) is 13.4. The molecule has 0 unspecified atom stereocenters. The second-order valence-corrected chi connectivity index (χ2v) is 4.28. The fraction of sp³-hybridized carbons (Fsp3) is 0.333. The Bertz CT molecular complexity index is 387. The van der Waals surface area contributed by atoms with E-state index in [1.54, 1.807) is 0 Å². The van der Waals surface area contributed by atoms with Crippen molar-refractivity contribution < 1.29 is 31.1 Å². The molecule has 0 fully saturated rings. The van der Waals surface area contributed by atoms with Crippen LogP contribution in [-0.2, 0) is 12.4 Å². The molecule has 0 aliphatic heterocycles. The van der Waals surface area contributed by atoms with Crippen LogP contribution in [0, 0.1) is 3.57 Å². The molecule has 0 saturated carbocycles. The Kier molecular flexibility index (Phi) is 3.84. The van der Waals surface area contributed by atoms with Crippen LogP contribution in [0.25, 0.3) is 0 Å². The molecule has 0 bridgehead atoms. The molecule has 1 nitrogen and oxygen atoms in total. The van der Waals surface area contributed by atoms with E-state index < -0.39 is 29.2 Å². The van der Waals surface area contributed by atoms with Crippen molar-refractivity contribution in [3.05, 3.63) is 26.8 Å². The number of halogens is 7. The molecule has 1 rings (SSSR count). The van der Waals surface area contributed by atoms with Crippen molar-refractivity contribution >= 4 is 22.6 Å². The number of benzene rings is 1. The number of rotatable bonds is 1. The molecular weight excluding hydrogens is 365 g/mol. The Balaban J connectivity index is 3.58. The first kappa shape index (κ1) is 14.4. The van der Waals surface area contributed by atoms with Crippen LogP contribution in [0.2, 0.25) is 0 Å². The first-order valence-electron chi connectivity index (χ1n) is 4.09. The van der Waals surface area contributed by atoms with Gasteiger partial charge >= 0.3 is 12.4 Å². The lowest BCUT2D eigenvalue weighted by atomic mass is 10.1. The van der Waals surface area contributed by atoms with Crippen molar-refractivity contribution in [1.82, 2.24) is 0 Å². The minimum Gasteiger partial charge on any atom is -0.495 e. The van der Waals surface area contributed by atoms with Gasteiger partial charge in [0, 0.05) is 3.57 Å². The lowest BCUT2D eigenvalue weighted by molar-refractivity contribution is -0.145. The standard InChI is InChI=1S/C9H5F6IO/c1-17-7-5(8(10,11)12)2-4(16)3-6(7)9(13,14)15/h2-3H,1H3. The summed E-state index contributed by atoms with van der Waals surface area (Å²) in [6.45, 7) is 0. The third kappa shape index (κ3) is 3.17. The molecular formula is C9H5F6IO. The van der Waals surface area contributed by atoms with Crippen LogP contribution in [0.3, 0.4) is 0 Å². The van der Waals surface area contributed by atoms with Gasteiger partial charge in [0.2, 0.25) is 0 Å². The van der Waals surface area contributed by atoms with Crippen molar-refractivity contribution in [2.45, 2.75) is 12.4 Å². The molecule has 1 aromatic rings. The zero-order valence-corrected chi connectivity index (χ0v) is 10.4.